The summed E-state index contributed by atoms with van der Waals surface area (Å²) in [6, 6.07) is 0. The Bertz CT molecular complexity index is 415. The van der Waals surface area contributed by atoms with Gasteiger partial charge in [0.25, 0.3) is 0 Å². The van der Waals surface area contributed by atoms with E-state index < -0.39 is 20.0 Å². The molecule has 0 bridgehead atoms. The summed E-state index contributed by atoms with van der Waals surface area (Å²) >= 11 is 1.51. The number of nitrogens with zero attached hydrogens (tertiary/aromatic N) is 1. The fraction of sp³-hybridized carbons (Fsp3) is 0.444. The van der Waals surface area contributed by atoms with Crippen molar-refractivity contribution < 1.29 is 28.0 Å². The molecule has 0 saturated carbocycles. The zero-order valence-corrected chi connectivity index (χ0v) is 13.5. The summed E-state index contributed by atoms with van der Waals surface area (Å²) in [7, 11) is -0.543. The lowest BCUT2D eigenvalue weighted by Crippen LogP contribution is -2.60. The predicted molar refractivity (Wildman–Crippen MR) is 70.3 cm³/mol. The van der Waals surface area contributed by atoms with E-state index in [-0.39, 0.29) is 0 Å². The van der Waals surface area contributed by atoms with Crippen LogP contribution in [-0.2, 0) is 3.74 Å². The average molecular weight is 332 g/mol. The molecule has 0 amide bonds. The summed E-state index contributed by atoms with van der Waals surface area (Å²) in [5.74, 6) is 0. The Kier molecular flexibility index (Phi) is 6.07. The molecule has 104 valence electrons. The quantitative estimate of drug-likeness (QED) is 0.385. The molecule has 0 aromatic carbocycles. The lowest BCUT2D eigenvalue weighted by atomic mass is 10.2. The molecule has 0 aromatic heterocycles. The highest BCUT2D eigenvalue weighted by Crippen LogP contribution is 2.52. The van der Waals surface area contributed by atoms with Crippen LogP contribution in [0, 0.1) is 10.2 Å². The molecule has 0 aromatic rings. The molecule has 1 aliphatic heterocycles. The highest BCUT2D eigenvalue weighted by molar-refractivity contribution is 8.85. The van der Waals surface area contributed by atoms with Gasteiger partial charge in [-0.25, -0.2) is 0 Å². The van der Waals surface area contributed by atoms with Gasteiger partial charge in [0.2, 0.25) is 0 Å². The SMILES string of the molecule is CSC1=C(C)C(/C=C\N(C)C)=S(O[Cl+3]([O-])([O-])[O-])S1. The summed E-state index contributed by atoms with van der Waals surface area (Å²) in [4.78, 5) is 2.55. The van der Waals surface area contributed by atoms with E-state index in [4.69, 9.17) is 0 Å². The Morgan fingerprint density at radius 2 is 2.00 bits per heavy atom. The molecule has 0 radical (unpaired) electrons. The van der Waals surface area contributed by atoms with Crippen LogP contribution in [0.1, 0.15) is 6.92 Å². The van der Waals surface area contributed by atoms with Gasteiger partial charge < -0.3 is 4.90 Å². The first-order chi connectivity index (χ1) is 8.24. The average Bonchev–Trinajstić information content (AvgIpc) is 2.49. The summed E-state index contributed by atoms with van der Waals surface area (Å²) < 4.78 is 37.6. The van der Waals surface area contributed by atoms with Crippen LogP contribution in [0.5, 0.6) is 0 Å². The topological polar surface area (TPSA) is 81.7 Å². The number of allylic oxidation sites excluding steroid dienone is 2. The molecule has 9 heteroatoms. The zero-order chi connectivity index (χ0) is 13.9. The molecule has 1 aliphatic rings. The van der Waals surface area contributed by atoms with Crippen LogP contribution in [0.2, 0.25) is 0 Å². The molecule has 0 N–H and O–H groups in total. The summed E-state index contributed by atoms with van der Waals surface area (Å²) in [6.07, 6.45) is 5.46. The Morgan fingerprint density at radius 3 is 2.44 bits per heavy atom. The molecule has 18 heavy (non-hydrogen) atoms. The fourth-order valence-corrected chi connectivity index (χ4v) is 7.41. The smallest absolute Gasteiger partial charge is 0.180 e. The Morgan fingerprint density at radius 1 is 1.39 bits per heavy atom. The van der Waals surface area contributed by atoms with E-state index in [1.165, 1.54) is 22.6 Å². The molecule has 1 rings (SSSR count). The van der Waals surface area contributed by atoms with E-state index in [0.717, 1.165) is 14.7 Å². The van der Waals surface area contributed by atoms with E-state index >= 15 is 0 Å². The molecule has 0 saturated heterocycles. The third kappa shape index (κ3) is 4.78. The molecular formula is C9H14ClNO4S3. The van der Waals surface area contributed by atoms with Crippen molar-refractivity contribution in [2.45, 2.75) is 6.92 Å². The molecule has 1 heterocycles. The third-order valence-electron chi connectivity index (χ3n) is 1.85. The highest BCUT2D eigenvalue weighted by Gasteiger charge is 2.32. The van der Waals surface area contributed by atoms with E-state index in [2.05, 4.69) is 3.74 Å². The van der Waals surface area contributed by atoms with E-state index in [0.29, 0.717) is 0 Å². The molecule has 0 fully saturated rings. The maximum absolute atomic E-state index is 10.7. The van der Waals surface area contributed by atoms with Gasteiger partial charge in [-0.2, -0.15) is 14.0 Å². The normalized spacial score (nSPS) is 21.3. The summed E-state index contributed by atoms with van der Waals surface area (Å²) in [5, 5.41) is 0. The van der Waals surface area contributed by atoms with Crippen LogP contribution in [0.15, 0.2) is 22.1 Å². The van der Waals surface area contributed by atoms with E-state index in [1.54, 1.807) is 12.3 Å². The van der Waals surface area contributed by atoms with Crippen LogP contribution in [0.3, 0.4) is 0 Å². The number of rotatable bonds is 5. The Labute approximate surface area is 119 Å². The van der Waals surface area contributed by atoms with Crippen molar-refractivity contribution in [3.05, 3.63) is 22.1 Å². The Hall–Kier alpha value is 0.330. The van der Waals surface area contributed by atoms with Crippen LogP contribution >= 0.6 is 32.4 Å². The number of hydrogen-bond donors (Lipinski definition) is 0. The monoisotopic (exact) mass is 331 g/mol. The summed E-state index contributed by atoms with van der Waals surface area (Å²) in [6.45, 7) is 1.89. The largest absolute Gasteiger partial charge is 0.383 e. The van der Waals surface area contributed by atoms with Crippen molar-refractivity contribution in [1.82, 2.24) is 4.90 Å². The molecule has 0 spiro atoms. The second-order valence-corrected chi connectivity index (χ2v) is 8.75. The van der Waals surface area contributed by atoms with Crippen LogP contribution in [0.4, 0.5) is 0 Å². The van der Waals surface area contributed by atoms with Gasteiger partial charge in [0, 0.05) is 14.1 Å². The maximum atomic E-state index is 10.7. The highest BCUT2D eigenvalue weighted by atomic mass is 35.7. The fourth-order valence-electron chi connectivity index (χ4n) is 1.10. The maximum Gasteiger partial charge on any atom is 0.180 e. The van der Waals surface area contributed by atoms with Crippen molar-refractivity contribution in [2.24, 2.45) is 0 Å². The van der Waals surface area contributed by atoms with Crippen LogP contribution < -0.4 is 14.0 Å². The third-order valence-corrected chi connectivity index (χ3v) is 8.03. The van der Waals surface area contributed by atoms with Crippen LogP contribution in [0.25, 0.3) is 0 Å². The van der Waals surface area contributed by atoms with Gasteiger partial charge in [0.15, 0.2) is 9.80 Å². The van der Waals surface area contributed by atoms with Crippen molar-refractivity contribution in [3.63, 3.8) is 0 Å². The Balaban J connectivity index is 3.03. The first-order valence-electron chi connectivity index (χ1n) is 4.75. The van der Waals surface area contributed by atoms with Crippen molar-refractivity contribution >= 4 is 37.2 Å². The van der Waals surface area contributed by atoms with Gasteiger partial charge in [0.1, 0.15) is 3.74 Å². The molecule has 0 aliphatic carbocycles. The van der Waals surface area contributed by atoms with Gasteiger partial charge in [-0.3, -0.25) is 0 Å². The number of thioether (sulfide) groups is 1. The zero-order valence-electron chi connectivity index (χ0n) is 10.3. The van der Waals surface area contributed by atoms with Crippen molar-refractivity contribution in [1.29, 1.82) is 0 Å². The predicted octanol–water partition coefficient (Wildman–Crippen LogP) is -0.412. The first kappa shape index (κ1) is 16.4. The minimum atomic E-state index is -4.42. The molecular weight excluding hydrogens is 318 g/mol. The van der Waals surface area contributed by atoms with Gasteiger partial charge in [-0.05, 0) is 41.8 Å². The molecule has 1 atom stereocenters. The van der Waals surface area contributed by atoms with Gasteiger partial charge in [-0.15, -0.1) is 11.8 Å². The standard InChI is InChI=1S/C9H14ClNO4S3/c1-7-8(5-6-11(2)3)18(15-10(12,13)14)17-9(7)16-4/h5-6H,1-4H3/b6-5-. The lowest BCUT2D eigenvalue weighted by molar-refractivity contribution is -1.91. The number of halogens is 1. The van der Waals surface area contributed by atoms with Crippen LogP contribution in [-0.4, -0.2) is 30.1 Å². The van der Waals surface area contributed by atoms with Crippen molar-refractivity contribution in [2.75, 3.05) is 20.4 Å². The minimum absolute atomic E-state index is 0.727. The summed E-state index contributed by atoms with van der Waals surface area (Å²) in [5.41, 5.74) is 0.952. The second-order valence-electron chi connectivity index (χ2n) is 3.52. The second kappa shape index (κ2) is 6.67. The first-order valence-corrected chi connectivity index (χ1v) is 9.69. The van der Waals surface area contributed by atoms with E-state index in [9.17, 15) is 14.0 Å². The van der Waals surface area contributed by atoms with Crippen molar-refractivity contribution in [3.8, 4) is 0 Å². The van der Waals surface area contributed by atoms with Gasteiger partial charge in [0.05, 0.1) is 19.3 Å². The lowest BCUT2D eigenvalue weighted by Gasteiger charge is -2.12. The van der Waals surface area contributed by atoms with E-state index in [1.807, 2.05) is 32.2 Å². The molecule has 5 nitrogen and oxygen atoms in total. The minimum Gasteiger partial charge on any atom is -0.383 e. The number of hydrogen-bond acceptors (Lipinski definition) is 7. The van der Waals surface area contributed by atoms with Gasteiger partial charge >= 0.3 is 0 Å². The van der Waals surface area contributed by atoms with Gasteiger partial charge in [-0.1, -0.05) is 0 Å². The molecule has 1 unspecified atom stereocenters.